The van der Waals surface area contributed by atoms with Crippen molar-refractivity contribution in [2.75, 3.05) is 20.3 Å². The topological polar surface area (TPSA) is 51.1 Å². The van der Waals surface area contributed by atoms with E-state index in [1.54, 1.807) is 7.11 Å². The smallest absolute Gasteiger partial charge is 0.166 e. The number of hydrogen-bond donors (Lipinski definition) is 2. The van der Waals surface area contributed by atoms with Gasteiger partial charge in [-0.15, -0.1) is 0 Å². The maximum atomic E-state index is 5.12. The zero-order valence-corrected chi connectivity index (χ0v) is 12.4. The number of ether oxygens (including phenoxy) is 1. The summed E-state index contributed by atoms with van der Waals surface area (Å²) in [5.74, 6) is 0. The van der Waals surface area contributed by atoms with Crippen LogP contribution in [0.5, 0.6) is 0 Å². The molecule has 0 aromatic carbocycles. The Labute approximate surface area is 115 Å². The van der Waals surface area contributed by atoms with Crippen molar-refractivity contribution in [3.8, 4) is 0 Å². The van der Waals surface area contributed by atoms with Crippen molar-refractivity contribution in [2.24, 2.45) is 0 Å². The van der Waals surface area contributed by atoms with E-state index in [1.807, 2.05) is 17.8 Å². The third kappa shape index (κ3) is 5.01. The largest absolute Gasteiger partial charge is 0.383 e. The molecule has 0 aliphatic carbocycles. The second-order valence-electron chi connectivity index (χ2n) is 3.38. The lowest BCUT2D eigenvalue weighted by Crippen LogP contribution is -2.36. The van der Waals surface area contributed by atoms with Gasteiger partial charge < -0.3 is 15.4 Å². The van der Waals surface area contributed by atoms with E-state index in [1.165, 1.54) is 0 Å². The van der Waals surface area contributed by atoms with E-state index in [-0.39, 0.29) is 0 Å². The normalized spacial score (nSPS) is 10.3. The van der Waals surface area contributed by atoms with Gasteiger partial charge in [-0.2, -0.15) is 5.10 Å². The van der Waals surface area contributed by atoms with Crippen molar-refractivity contribution >= 4 is 33.3 Å². The van der Waals surface area contributed by atoms with Crippen molar-refractivity contribution in [2.45, 2.75) is 20.0 Å². The molecule has 1 rings (SSSR count). The van der Waals surface area contributed by atoms with Crippen molar-refractivity contribution in [3.63, 3.8) is 0 Å². The molecule has 1 aromatic rings. The SMILES string of the molecule is CCn1cc(Br)c(CNC(=S)NCCOC)n1. The second-order valence-corrected chi connectivity index (χ2v) is 4.64. The van der Waals surface area contributed by atoms with Gasteiger partial charge in [0.1, 0.15) is 0 Å². The maximum absolute atomic E-state index is 5.12. The fraction of sp³-hybridized carbons (Fsp3) is 0.600. The maximum Gasteiger partial charge on any atom is 0.166 e. The Kier molecular flexibility index (Phi) is 6.46. The number of methoxy groups -OCH3 is 1. The zero-order valence-electron chi connectivity index (χ0n) is 9.99. The van der Waals surface area contributed by atoms with Gasteiger partial charge in [-0.25, -0.2) is 0 Å². The van der Waals surface area contributed by atoms with Crippen LogP contribution in [-0.4, -0.2) is 35.2 Å². The summed E-state index contributed by atoms with van der Waals surface area (Å²) < 4.78 is 7.79. The number of rotatable bonds is 6. The fourth-order valence-electron chi connectivity index (χ4n) is 1.21. The number of thiocarbonyl (C=S) groups is 1. The molecule has 7 heteroatoms. The minimum Gasteiger partial charge on any atom is -0.383 e. The third-order valence-electron chi connectivity index (χ3n) is 2.12. The number of hydrogen-bond acceptors (Lipinski definition) is 3. The first-order valence-corrected chi connectivity index (χ1v) is 6.60. The Morgan fingerprint density at radius 3 is 2.94 bits per heavy atom. The van der Waals surface area contributed by atoms with Gasteiger partial charge in [0.05, 0.1) is 23.3 Å². The van der Waals surface area contributed by atoms with Gasteiger partial charge in [0, 0.05) is 26.4 Å². The molecule has 5 nitrogen and oxygen atoms in total. The van der Waals surface area contributed by atoms with Crippen molar-refractivity contribution in [1.29, 1.82) is 0 Å². The van der Waals surface area contributed by atoms with Gasteiger partial charge >= 0.3 is 0 Å². The lowest BCUT2D eigenvalue weighted by atomic mass is 10.4. The molecule has 1 heterocycles. The summed E-state index contributed by atoms with van der Waals surface area (Å²) in [7, 11) is 1.66. The van der Waals surface area contributed by atoms with Crippen LogP contribution in [0.25, 0.3) is 0 Å². The second kappa shape index (κ2) is 7.62. The molecule has 0 radical (unpaired) electrons. The van der Waals surface area contributed by atoms with Gasteiger partial charge in [-0.3, -0.25) is 4.68 Å². The van der Waals surface area contributed by atoms with Gasteiger partial charge in [0.15, 0.2) is 5.11 Å². The summed E-state index contributed by atoms with van der Waals surface area (Å²) in [6, 6.07) is 0. The van der Waals surface area contributed by atoms with Crippen LogP contribution in [0.15, 0.2) is 10.7 Å². The van der Waals surface area contributed by atoms with Gasteiger partial charge in [-0.1, -0.05) is 0 Å². The number of aromatic nitrogens is 2. The average molecular weight is 321 g/mol. The molecule has 0 bridgehead atoms. The summed E-state index contributed by atoms with van der Waals surface area (Å²) >= 11 is 8.58. The Bertz CT molecular complexity index is 369. The predicted molar refractivity (Wildman–Crippen MR) is 74.9 cm³/mol. The van der Waals surface area contributed by atoms with Crippen molar-refractivity contribution in [3.05, 3.63) is 16.4 Å². The van der Waals surface area contributed by atoms with Crippen molar-refractivity contribution in [1.82, 2.24) is 20.4 Å². The van der Waals surface area contributed by atoms with Crippen LogP contribution in [0.1, 0.15) is 12.6 Å². The summed E-state index contributed by atoms with van der Waals surface area (Å²) in [5, 5.41) is 11.1. The van der Waals surface area contributed by atoms with Crippen LogP contribution in [0.2, 0.25) is 0 Å². The highest BCUT2D eigenvalue weighted by Gasteiger charge is 2.05. The quantitative estimate of drug-likeness (QED) is 0.611. The van der Waals surface area contributed by atoms with Crippen LogP contribution < -0.4 is 10.6 Å². The molecule has 96 valence electrons. The molecule has 0 spiro atoms. The van der Waals surface area contributed by atoms with Crippen LogP contribution in [0.3, 0.4) is 0 Å². The number of halogens is 1. The molecule has 0 fully saturated rings. The zero-order chi connectivity index (χ0) is 12.7. The van der Waals surface area contributed by atoms with E-state index in [0.717, 1.165) is 16.7 Å². The number of nitrogens with one attached hydrogen (secondary N) is 2. The minimum absolute atomic E-state index is 0.604. The van der Waals surface area contributed by atoms with Gasteiger partial charge in [-0.05, 0) is 35.1 Å². The lowest BCUT2D eigenvalue weighted by Gasteiger charge is -2.08. The van der Waals surface area contributed by atoms with E-state index < -0.39 is 0 Å². The first-order valence-electron chi connectivity index (χ1n) is 5.39. The van der Waals surface area contributed by atoms with E-state index in [2.05, 4.69) is 31.7 Å². The lowest BCUT2D eigenvalue weighted by molar-refractivity contribution is 0.204. The third-order valence-corrected chi connectivity index (χ3v) is 3.07. The molecule has 2 N–H and O–H groups in total. The molecular weight excluding hydrogens is 304 g/mol. The molecule has 0 saturated heterocycles. The van der Waals surface area contributed by atoms with E-state index in [0.29, 0.717) is 24.8 Å². The number of aryl methyl sites for hydroxylation is 1. The predicted octanol–water partition coefficient (Wildman–Crippen LogP) is 1.28. The van der Waals surface area contributed by atoms with Crippen LogP contribution in [-0.2, 0) is 17.8 Å². The molecule has 0 saturated carbocycles. The minimum atomic E-state index is 0.604. The Morgan fingerprint density at radius 1 is 1.59 bits per heavy atom. The average Bonchev–Trinajstić information content (AvgIpc) is 2.68. The van der Waals surface area contributed by atoms with Crippen LogP contribution in [0.4, 0.5) is 0 Å². The Morgan fingerprint density at radius 2 is 2.35 bits per heavy atom. The first kappa shape index (κ1) is 14.4. The number of nitrogens with zero attached hydrogens (tertiary/aromatic N) is 2. The molecule has 17 heavy (non-hydrogen) atoms. The Hall–Kier alpha value is -0.660. The molecule has 0 aliphatic heterocycles. The van der Waals surface area contributed by atoms with Gasteiger partial charge in [0.2, 0.25) is 0 Å². The van der Waals surface area contributed by atoms with E-state index in [9.17, 15) is 0 Å². The van der Waals surface area contributed by atoms with Crippen LogP contribution >= 0.6 is 28.1 Å². The summed E-state index contributed by atoms with van der Waals surface area (Å²) in [6.07, 6.45) is 1.96. The highest BCUT2D eigenvalue weighted by Crippen LogP contribution is 2.14. The highest BCUT2D eigenvalue weighted by atomic mass is 79.9. The van der Waals surface area contributed by atoms with Crippen molar-refractivity contribution < 1.29 is 4.74 Å². The molecule has 0 amide bonds. The van der Waals surface area contributed by atoms with Gasteiger partial charge in [0.25, 0.3) is 0 Å². The first-order chi connectivity index (χ1) is 8.17. The summed E-state index contributed by atoms with van der Waals surface area (Å²) in [4.78, 5) is 0. The molecule has 0 aliphatic rings. The monoisotopic (exact) mass is 320 g/mol. The molecule has 1 aromatic heterocycles. The fourth-order valence-corrected chi connectivity index (χ4v) is 1.84. The van der Waals surface area contributed by atoms with Crippen LogP contribution in [0, 0.1) is 0 Å². The molecule has 0 atom stereocenters. The summed E-state index contributed by atoms with van der Waals surface area (Å²) in [6.45, 7) is 4.85. The Balaban J connectivity index is 2.34. The van der Waals surface area contributed by atoms with E-state index >= 15 is 0 Å². The highest BCUT2D eigenvalue weighted by molar-refractivity contribution is 9.10. The standard InChI is InChI=1S/C10H17BrN4OS/c1-3-15-7-8(11)9(14-15)6-13-10(17)12-4-5-16-2/h7H,3-6H2,1-2H3,(H2,12,13,17). The molecular formula is C10H17BrN4OS. The van der Waals surface area contributed by atoms with E-state index in [4.69, 9.17) is 17.0 Å². The summed E-state index contributed by atoms with van der Waals surface area (Å²) in [5.41, 5.74) is 0.947. The molecule has 0 unspecified atom stereocenters.